The molecular formula is C32H36N4O5. The molecule has 2 atom stereocenters. The summed E-state index contributed by atoms with van der Waals surface area (Å²) in [5.41, 5.74) is 2.62. The van der Waals surface area contributed by atoms with Gasteiger partial charge in [-0.15, -0.1) is 0 Å². The highest BCUT2D eigenvalue weighted by atomic mass is 16.6. The molecule has 9 nitrogen and oxygen atoms in total. The van der Waals surface area contributed by atoms with Crippen molar-refractivity contribution in [3.8, 4) is 11.8 Å². The lowest BCUT2D eigenvalue weighted by Gasteiger charge is -2.33. The van der Waals surface area contributed by atoms with Gasteiger partial charge in [-0.05, 0) is 69.5 Å². The van der Waals surface area contributed by atoms with Gasteiger partial charge < -0.3 is 25.4 Å². The number of benzene rings is 3. The summed E-state index contributed by atoms with van der Waals surface area (Å²) in [6.45, 7) is 8.42. The highest BCUT2D eigenvalue weighted by Crippen LogP contribution is 2.26. The van der Waals surface area contributed by atoms with Crippen molar-refractivity contribution >= 4 is 23.6 Å². The maximum Gasteiger partial charge on any atom is 0.408 e. The van der Waals surface area contributed by atoms with Gasteiger partial charge in [0.2, 0.25) is 5.91 Å². The Bertz CT molecular complexity index is 1420. The summed E-state index contributed by atoms with van der Waals surface area (Å²) in [7, 11) is 0. The number of rotatable bonds is 9. The summed E-state index contributed by atoms with van der Waals surface area (Å²) < 4.78 is 5.41. The third-order valence-corrected chi connectivity index (χ3v) is 6.21. The second-order valence-electron chi connectivity index (χ2n) is 10.8. The molecule has 3 aromatic rings. The van der Waals surface area contributed by atoms with Crippen LogP contribution in [0.15, 0.2) is 72.8 Å². The number of alkyl carbamates (subject to hydrolysis) is 1. The lowest BCUT2D eigenvalue weighted by atomic mass is 9.99. The first-order valence-corrected chi connectivity index (χ1v) is 13.3. The number of aryl methyl sites for hydroxylation is 2. The number of carbonyl (C=O) groups is 3. The van der Waals surface area contributed by atoms with Crippen molar-refractivity contribution in [1.29, 1.82) is 5.26 Å². The molecule has 0 aliphatic carbocycles. The number of phenols is 1. The molecule has 0 spiro atoms. The van der Waals surface area contributed by atoms with E-state index in [4.69, 9.17) is 4.74 Å². The van der Waals surface area contributed by atoms with Crippen LogP contribution in [0.2, 0.25) is 0 Å². The highest BCUT2D eigenvalue weighted by Gasteiger charge is 2.36. The molecule has 0 heterocycles. The Balaban J connectivity index is 2.05. The number of nitriles is 1. The fourth-order valence-corrected chi connectivity index (χ4v) is 4.32. The van der Waals surface area contributed by atoms with Crippen LogP contribution in [-0.2, 0) is 20.7 Å². The molecular weight excluding hydrogens is 520 g/mol. The molecule has 3 rings (SSSR count). The number of anilines is 1. The van der Waals surface area contributed by atoms with Crippen molar-refractivity contribution in [3.05, 3.63) is 95.1 Å². The Labute approximate surface area is 240 Å². The van der Waals surface area contributed by atoms with Crippen molar-refractivity contribution in [1.82, 2.24) is 10.2 Å². The molecule has 0 aromatic heterocycles. The number of nitrogens with zero attached hydrogens (tertiary/aromatic N) is 2. The van der Waals surface area contributed by atoms with Crippen LogP contribution in [0, 0.1) is 25.2 Å². The third kappa shape index (κ3) is 8.83. The largest absolute Gasteiger partial charge is 0.508 e. The topological polar surface area (TPSA) is 132 Å². The molecule has 0 saturated heterocycles. The number of phenolic OH excluding ortho intramolecular Hbond substituents is 1. The smallest absolute Gasteiger partial charge is 0.408 e. The quantitative estimate of drug-likeness (QED) is 0.311. The van der Waals surface area contributed by atoms with Gasteiger partial charge in [-0.1, -0.05) is 60.2 Å². The van der Waals surface area contributed by atoms with E-state index in [-0.39, 0.29) is 12.2 Å². The van der Waals surface area contributed by atoms with E-state index < -0.39 is 42.1 Å². The van der Waals surface area contributed by atoms with Crippen molar-refractivity contribution in [2.24, 2.45) is 0 Å². The number of para-hydroxylation sites is 1. The molecule has 0 radical (unpaired) electrons. The van der Waals surface area contributed by atoms with Crippen molar-refractivity contribution in [2.45, 2.75) is 58.7 Å². The molecule has 214 valence electrons. The molecule has 0 aliphatic heterocycles. The summed E-state index contributed by atoms with van der Waals surface area (Å²) in [5, 5.41) is 25.0. The van der Waals surface area contributed by atoms with Gasteiger partial charge in [0.1, 0.15) is 30.0 Å². The van der Waals surface area contributed by atoms with Gasteiger partial charge in [-0.3, -0.25) is 9.59 Å². The predicted molar refractivity (Wildman–Crippen MR) is 156 cm³/mol. The Morgan fingerprint density at radius 2 is 1.68 bits per heavy atom. The molecule has 0 bridgehead atoms. The van der Waals surface area contributed by atoms with Gasteiger partial charge in [0.25, 0.3) is 5.91 Å². The van der Waals surface area contributed by atoms with E-state index in [1.54, 1.807) is 63.2 Å². The van der Waals surface area contributed by atoms with Crippen LogP contribution in [-0.4, -0.2) is 46.1 Å². The maximum atomic E-state index is 14.2. The van der Waals surface area contributed by atoms with E-state index >= 15 is 0 Å². The second-order valence-corrected chi connectivity index (χ2v) is 10.8. The molecule has 2 unspecified atom stereocenters. The van der Waals surface area contributed by atoms with Crippen molar-refractivity contribution < 1.29 is 24.2 Å². The van der Waals surface area contributed by atoms with Gasteiger partial charge in [-0.2, -0.15) is 5.26 Å². The third-order valence-electron chi connectivity index (χ3n) is 6.21. The summed E-state index contributed by atoms with van der Waals surface area (Å²) >= 11 is 0. The fourth-order valence-electron chi connectivity index (χ4n) is 4.32. The van der Waals surface area contributed by atoms with Crippen LogP contribution in [0.25, 0.3) is 0 Å². The molecule has 3 N–H and O–H groups in total. The average Bonchev–Trinajstić information content (AvgIpc) is 2.89. The van der Waals surface area contributed by atoms with Crippen molar-refractivity contribution in [3.63, 3.8) is 0 Å². The lowest BCUT2D eigenvalue weighted by Crippen LogP contribution is -2.53. The van der Waals surface area contributed by atoms with Crippen LogP contribution >= 0.6 is 0 Å². The van der Waals surface area contributed by atoms with Crippen LogP contribution in [0.4, 0.5) is 10.5 Å². The molecule has 0 aliphatic rings. The first-order valence-electron chi connectivity index (χ1n) is 13.3. The molecule has 0 fully saturated rings. The number of hydrogen-bond acceptors (Lipinski definition) is 6. The maximum absolute atomic E-state index is 14.2. The van der Waals surface area contributed by atoms with Crippen molar-refractivity contribution in [2.75, 3.05) is 11.9 Å². The van der Waals surface area contributed by atoms with Crippen LogP contribution in [0.3, 0.4) is 0 Å². The minimum absolute atomic E-state index is 0.0280. The first kappa shape index (κ1) is 30.7. The SMILES string of the molecule is Cc1cccc(C(C(=O)Nc2ccccc2C)N(CC#N)C(=O)C(Cc2ccc(O)cc2)NC(=O)OC(C)(C)C)c1. The standard InChI is InChI=1S/C32H36N4O5/c1-21-9-8-11-24(19-21)28(29(38)34-26-12-7-6-10-22(26)2)36(18-17-33)30(39)27(35-31(40)41-32(3,4)5)20-23-13-15-25(37)16-14-23/h6-16,19,27-28,37H,18,20H2,1-5H3,(H,34,38)(H,35,40). The van der Waals surface area contributed by atoms with E-state index in [0.717, 1.165) is 11.1 Å². The summed E-state index contributed by atoms with van der Waals surface area (Å²) in [5.74, 6) is -1.10. The zero-order chi connectivity index (χ0) is 30.2. The van der Waals surface area contributed by atoms with Crippen LogP contribution < -0.4 is 10.6 Å². The Hall–Kier alpha value is -4.84. The van der Waals surface area contributed by atoms with Crippen LogP contribution in [0.1, 0.15) is 49.1 Å². The summed E-state index contributed by atoms with van der Waals surface area (Å²) in [6.07, 6.45) is -0.789. The number of hydrogen-bond donors (Lipinski definition) is 3. The molecule has 9 heteroatoms. The number of amides is 3. The van der Waals surface area contributed by atoms with E-state index in [1.165, 1.54) is 17.0 Å². The van der Waals surface area contributed by atoms with Gasteiger partial charge >= 0.3 is 6.09 Å². The Kier molecular flexibility index (Phi) is 10.1. The van der Waals surface area contributed by atoms with Crippen LogP contribution in [0.5, 0.6) is 5.75 Å². The van der Waals surface area contributed by atoms with E-state index in [9.17, 15) is 24.8 Å². The molecule has 3 aromatic carbocycles. The zero-order valence-corrected chi connectivity index (χ0v) is 24.0. The van der Waals surface area contributed by atoms with Gasteiger partial charge in [0, 0.05) is 12.1 Å². The molecule has 3 amide bonds. The fraction of sp³-hybridized carbons (Fsp3) is 0.312. The Morgan fingerprint density at radius 3 is 2.29 bits per heavy atom. The number of carbonyl (C=O) groups excluding carboxylic acids is 3. The Morgan fingerprint density at radius 1 is 1.00 bits per heavy atom. The van der Waals surface area contributed by atoms with E-state index in [0.29, 0.717) is 16.8 Å². The average molecular weight is 557 g/mol. The minimum Gasteiger partial charge on any atom is -0.508 e. The second kappa shape index (κ2) is 13.5. The highest BCUT2D eigenvalue weighted by molar-refractivity contribution is 5.99. The first-order chi connectivity index (χ1) is 19.4. The van der Waals surface area contributed by atoms with Gasteiger partial charge in [-0.25, -0.2) is 4.79 Å². The molecule has 41 heavy (non-hydrogen) atoms. The number of aromatic hydroxyl groups is 1. The summed E-state index contributed by atoms with van der Waals surface area (Å²) in [4.78, 5) is 42.1. The predicted octanol–water partition coefficient (Wildman–Crippen LogP) is 5.18. The summed E-state index contributed by atoms with van der Waals surface area (Å²) in [6, 6.07) is 20.3. The lowest BCUT2D eigenvalue weighted by molar-refractivity contribution is -0.140. The number of ether oxygens (including phenoxy) is 1. The minimum atomic E-state index is -1.18. The van der Waals surface area contributed by atoms with Gasteiger partial charge in [0.15, 0.2) is 0 Å². The van der Waals surface area contributed by atoms with Gasteiger partial charge in [0.05, 0.1) is 6.07 Å². The van der Waals surface area contributed by atoms with E-state index in [2.05, 4.69) is 10.6 Å². The normalized spacial score (nSPS) is 12.4. The van der Waals surface area contributed by atoms with E-state index in [1.807, 2.05) is 38.1 Å². The monoisotopic (exact) mass is 556 g/mol. The zero-order valence-electron chi connectivity index (χ0n) is 24.0. The number of nitrogens with one attached hydrogen (secondary N) is 2. The molecule has 0 saturated carbocycles.